The van der Waals surface area contributed by atoms with Crippen molar-refractivity contribution in [3.8, 4) is 11.1 Å². The summed E-state index contributed by atoms with van der Waals surface area (Å²) in [5, 5.41) is 9.97. The first-order valence-electron chi connectivity index (χ1n) is 14.0. The number of nitrogens with zero attached hydrogens (tertiary/aromatic N) is 3. The predicted octanol–water partition coefficient (Wildman–Crippen LogP) is 8.38. The van der Waals surface area contributed by atoms with Crippen LogP contribution in [-0.4, -0.2) is 31.9 Å². The maximum absolute atomic E-state index is 14.1. The fourth-order valence-corrected chi connectivity index (χ4v) is 5.19. The number of furan rings is 1. The van der Waals surface area contributed by atoms with Gasteiger partial charge in [-0.25, -0.2) is 0 Å². The topological polar surface area (TPSA) is 96.5 Å². The average Bonchev–Trinajstić information content (AvgIpc) is 3.46. The molecule has 1 amide bonds. The molecule has 3 aromatic heterocycles. The molecule has 0 aliphatic heterocycles. The van der Waals surface area contributed by atoms with Gasteiger partial charge < -0.3 is 14.4 Å². The van der Waals surface area contributed by atoms with Gasteiger partial charge in [0.1, 0.15) is 11.3 Å². The smallest absolute Gasteiger partial charge is 0.449 e. The highest BCUT2D eigenvalue weighted by molar-refractivity contribution is 6.31. The van der Waals surface area contributed by atoms with E-state index in [9.17, 15) is 27.9 Å². The van der Waals surface area contributed by atoms with Crippen molar-refractivity contribution in [2.75, 3.05) is 0 Å². The molecule has 45 heavy (non-hydrogen) atoms. The van der Waals surface area contributed by atoms with Gasteiger partial charge >= 0.3 is 12.1 Å². The number of carboxylic acids is 1. The van der Waals surface area contributed by atoms with Gasteiger partial charge in [0.05, 0.1) is 23.0 Å². The van der Waals surface area contributed by atoms with Gasteiger partial charge in [0, 0.05) is 23.5 Å². The molecule has 7 nitrogen and oxygen atoms in total. The Balaban J connectivity index is 1.52. The molecule has 0 aliphatic rings. The summed E-state index contributed by atoms with van der Waals surface area (Å²) in [5.74, 6) is -2.67. The monoisotopic (exact) mass is 635 g/mol. The van der Waals surface area contributed by atoms with Crippen LogP contribution in [0.25, 0.3) is 22.2 Å². The number of aliphatic carboxylic acids is 1. The van der Waals surface area contributed by atoms with Crippen LogP contribution in [0.1, 0.15) is 58.1 Å². The molecule has 1 N–H and O–H groups in total. The van der Waals surface area contributed by atoms with Gasteiger partial charge in [-0.1, -0.05) is 48.0 Å². The fourth-order valence-electron chi connectivity index (χ4n) is 4.95. The van der Waals surface area contributed by atoms with Crippen LogP contribution in [0.5, 0.6) is 0 Å². The number of halogens is 4. The average molecular weight is 636 g/mol. The number of aryl methyl sites for hydroxylation is 2. The zero-order valence-corrected chi connectivity index (χ0v) is 25.6. The second-order valence-electron chi connectivity index (χ2n) is 11.4. The zero-order valence-electron chi connectivity index (χ0n) is 24.9. The van der Waals surface area contributed by atoms with E-state index >= 15 is 0 Å². The summed E-state index contributed by atoms with van der Waals surface area (Å²) in [5.41, 5.74) is 4.07. The van der Waals surface area contributed by atoms with Crippen LogP contribution in [0.4, 0.5) is 13.2 Å². The quantitative estimate of drug-likeness (QED) is 0.184. The minimum atomic E-state index is -4.68. The van der Waals surface area contributed by atoms with Crippen LogP contribution in [0.15, 0.2) is 77.3 Å². The number of carboxylic acid groups (broad SMARTS) is 1. The van der Waals surface area contributed by atoms with Crippen molar-refractivity contribution in [1.29, 1.82) is 0 Å². The molecule has 5 aromatic rings. The number of fused-ring (bicyclic) bond motifs is 1. The zero-order chi connectivity index (χ0) is 32.7. The van der Waals surface area contributed by atoms with E-state index in [0.717, 1.165) is 22.8 Å². The third-order valence-corrected chi connectivity index (χ3v) is 7.93. The van der Waals surface area contributed by atoms with Crippen molar-refractivity contribution in [3.05, 3.63) is 117 Å². The molecule has 0 saturated carbocycles. The summed E-state index contributed by atoms with van der Waals surface area (Å²) in [6.45, 7) is 6.52. The van der Waals surface area contributed by atoms with Gasteiger partial charge in [0.15, 0.2) is 0 Å². The Hall–Kier alpha value is -4.70. The predicted molar refractivity (Wildman–Crippen MR) is 164 cm³/mol. The van der Waals surface area contributed by atoms with Gasteiger partial charge in [0.2, 0.25) is 5.76 Å². The molecule has 0 bridgehead atoms. The molecule has 0 unspecified atom stereocenters. The standard InChI is InChI=1S/C34H29ClF3N3O4/c1-19-12-28-30(39-16-19)26(13-20(2)40-28)31(42)41(18-25-10-11-29(45-25)34(36,37)38)17-23-9-8-22(15-27(23)35)21-6-5-7-24(14-21)33(3,4)32(43)44/h5-16H,17-18H2,1-4H3,(H,43,44). The number of rotatable bonds is 8. The summed E-state index contributed by atoms with van der Waals surface area (Å²) >= 11 is 6.73. The van der Waals surface area contributed by atoms with E-state index < -0.39 is 29.2 Å². The molecule has 0 spiro atoms. The van der Waals surface area contributed by atoms with Crippen molar-refractivity contribution in [2.24, 2.45) is 0 Å². The molecule has 0 atom stereocenters. The maximum atomic E-state index is 14.1. The van der Waals surface area contributed by atoms with Crippen LogP contribution >= 0.6 is 11.6 Å². The molecule has 0 saturated heterocycles. The summed E-state index contributed by atoms with van der Waals surface area (Å²) in [6.07, 6.45) is -3.06. The Labute approximate surface area is 262 Å². The molecule has 232 valence electrons. The van der Waals surface area contributed by atoms with Crippen LogP contribution < -0.4 is 0 Å². The summed E-state index contributed by atoms with van der Waals surface area (Å²) in [4.78, 5) is 36.2. The first-order chi connectivity index (χ1) is 21.1. The van der Waals surface area contributed by atoms with Crippen molar-refractivity contribution in [1.82, 2.24) is 14.9 Å². The number of benzene rings is 2. The van der Waals surface area contributed by atoms with Crippen molar-refractivity contribution in [3.63, 3.8) is 0 Å². The number of hydrogen-bond acceptors (Lipinski definition) is 5. The van der Waals surface area contributed by atoms with Gasteiger partial charge in [-0.2, -0.15) is 13.2 Å². The summed E-state index contributed by atoms with van der Waals surface area (Å²) < 4.78 is 44.9. The van der Waals surface area contributed by atoms with Crippen molar-refractivity contribution < 1.29 is 32.3 Å². The van der Waals surface area contributed by atoms with E-state index in [1.54, 1.807) is 75.5 Å². The number of aromatic nitrogens is 2. The van der Waals surface area contributed by atoms with Gasteiger partial charge in [-0.05, 0) is 85.8 Å². The second kappa shape index (κ2) is 12.0. The number of pyridine rings is 2. The Morgan fingerprint density at radius 3 is 2.36 bits per heavy atom. The van der Waals surface area contributed by atoms with Crippen molar-refractivity contribution >= 4 is 34.5 Å². The van der Waals surface area contributed by atoms with E-state index in [-0.39, 0.29) is 24.4 Å². The van der Waals surface area contributed by atoms with E-state index in [1.165, 1.54) is 11.0 Å². The molecular weight excluding hydrogens is 607 g/mol. The molecule has 5 rings (SSSR count). The highest BCUT2D eigenvalue weighted by atomic mass is 35.5. The lowest BCUT2D eigenvalue weighted by molar-refractivity contribution is -0.153. The number of amides is 1. The largest absolute Gasteiger partial charge is 0.481 e. The van der Waals surface area contributed by atoms with E-state index in [0.29, 0.717) is 32.9 Å². The van der Waals surface area contributed by atoms with E-state index in [1.807, 2.05) is 13.0 Å². The Morgan fingerprint density at radius 2 is 1.69 bits per heavy atom. The lowest BCUT2D eigenvalue weighted by Gasteiger charge is -2.24. The fraction of sp³-hybridized carbons (Fsp3) is 0.235. The number of hydrogen-bond donors (Lipinski definition) is 1. The summed E-state index contributed by atoms with van der Waals surface area (Å²) in [6, 6.07) is 17.8. The highest BCUT2D eigenvalue weighted by Gasteiger charge is 2.35. The first kappa shape index (κ1) is 31.7. The van der Waals surface area contributed by atoms with Gasteiger partial charge in [-0.15, -0.1) is 0 Å². The minimum absolute atomic E-state index is 0.0548. The number of carbonyl (C=O) groups is 2. The van der Waals surface area contributed by atoms with Crippen LogP contribution in [-0.2, 0) is 29.5 Å². The highest BCUT2D eigenvalue weighted by Crippen LogP contribution is 2.33. The van der Waals surface area contributed by atoms with Crippen LogP contribution in [0, 0.1) is 13.8 Å². The van der Waals surface area contributed by atoms with Gasteiger partial charge in [-0.3, -0.25) is 19.6 Å². The molecule has 0 radical (unpaired) electrons. The molecule has 2 aromatic carbocycles. The third-order valence-electron chi connectivity index (χ3n) is 7.58. The van der Waals surface area contributed by atoms with Crippen molar-refractivity contribution in [2.45, 2.75) is 52.4 Å². The SMILES string of the molecule is Cc1cnc2c(C(=O)N(Cc3ccc(C(F)(F)F)o3)Cc3ccc(-c4cccc(C(C)(C)C(=O)O)c4)cc3Cl)cc(C)nc2c1. The summed E-state index contributed by atoms with van der Waals surface area (Å²) in [7, 11) is 0. The number of alkyl halides is 3. The molecule has 3 heterocycles. The molecule has 0 aliphatic carbocycles. The Morgan fingerprint density at radius 1 is 0.956 bits per heavy atom. The molecular formula is C34H29ClF3N3O4. The Bertz CT molecular complexity index is 1930. The molecule has 11 heteroatoms. The minimum Gasteiger partial charge on any atom is -0.481 e. The number of carbonyl (C=O) groups excluding carboxylic acids is 1. The Kier molecular flexibility index (Phi) is 8.46. The molecule has 0 fully saturated rings. The maximum Gasteiger partial charge on any atom is 0.449 e. The normalized spacial score (nSPS) is 12.0. The lowest BCUT2D eigenvalue weighted by Crippen LogP contribution is -2.30. The van der Waals surface area contributed by atoms with Gasteiger partial charge in [0.25, 0.3) is 5.91 Å². The first-order valence-corrected chi connectivity index (χ1v) is 14.3. The second-order valence-corrected chi connectivity index (χ2v) is 11.8. The van der Waals surface area contributed by atoms with E-state index in [2.05, 4.69) is 9.97 Å². The third kappa shape index (κ3) is 6.71. The van der Waals surface area contributed by atoms with Crippen LogP contribution in [0.3, 0.4) is 0 Å². The van der Waals surface area contributed by atoms with Crippen LogP contribution in [0.2, 0.25) is 5.02 Å². The lowest BCUT2D eigenvalue weighted by atomic mass is 9.83. The van der Waals surface area contributed by atoms with E-state index in [4.69, 9.17) is 16.0 Å².